The van der Waals surface area contributed by atoms with Crippen molar-refractivity contribution in [3.05, 3.63) is 87.1 Å². The maximum atomic E-state index is 15.1. The van der Waals surface area contributed by atoms with Gasteiger partial charge in [-0.1, -0.05) is 63.6 Å². The Labute approximate surface area is 427 Å². The van der Waals surface area contributed by atoms with Crippen LogP contribution in [0.3, 0.4) is 0 Å². The number of nitrogens with zero attached hydrogens (tertiary/aromatic N) is 3. The van der Waals surface area contributed by atoms with Crippen molar-refractivity contribution in [1.82, 2.24) is 41.0 Å². The van der Waals surface area contributed by atoms with Gasteiger partial charge in [-0.15, -0.1) is 0 Å². The molecule has 5 amide bonds. The Hall–Kier alpha value is -5.37. The Kier molecular flexibility index (Phi) is 19.2. The molecule has 0 fully saturated rings. The first kappa shape index (κ1) is 55.6. The van der Waals surface area contributed by atoms with Gasteiger partial charge < -0.3 is 45.7 Å². The van der Waals surface area contributed by atoms with Crippen LogP contribution < -0.4 is 26.6 Å². The molecule has 3 atom stereocenters. The molecule has 70 heavy (non-hydrogen) atoms. The van der Waals surface area contributed by atoms with Crippen molar-refractivity contribution in [3.63, 3.8) is 0 Å². The van der Waals surface area contributed by atoms with E-state index in [4.69, 9.17) is 25.8 Å². The fraction of sp³-hybridized carbons (Fsp3) is 0.500. The van der Waals surface area contributed by atoms with E-state index >= 15 is 4.79 Å². The molecular weight excluding hydrogens is 1000 g/mol. The van der Waals surface area contributed by atoms with E-state index in [9.17, 15) is 24.0 Å². The van der Waals surface area contributed by atoms with Gasteiger partial charge in [-0.05, 0) is 123 Å². The number of fused-ring (bicyclic) bond motifs is 3. The highest BCUT2D eigenvalue weighted by molar-refractivity contribution is 9.10. The number of carbonyl (C=O) groups is 6. The molecule has 2 aromatic carbocycles. The molecule has 0 aliphatic carbocycles. The number of nitrogens with one attached hydrogen (secondary N) is 5. The number of rotatable bonds is 10. The third kappa shape index (κ3) is 16.3. The minimum atomic E-state index is -1.18. The maximum Gasteiger partial charge on any atom is 0.419 e. The van der Waals surface area contributed by atoms with E-state index in [2.05, 4.69) is 47.5 Å². The molecule has 380 valence electrons. The topological polar surface area (TPSA) is 211 Å². The van der Waals surface area contributed by atoms with Gasteiger partial charge in [0.2, 0.25) is 17.7 Å². The minimum Gasteiger partial charge on any atom is -0.444 e. The zero-order valence-electron chi connectivity index (χ0n) is 41.5. The smallest absolute Gasteiger partial charge is 0.419 e. The number of amides is 5. The highest BCUT2D eigenvalue weighted by atomic mass is 79.9. The van der Waals surface area contributed by atoms with Crippen LogP contribution in [0.5, 0.6) is 0 Å². The highest BCUT2D eigenvalue weighted by Gasteiger charge is 2.35. The molecule has 0 saturated carbocycles. The normalized spacial score (nSPS) is 17.6. The molecule has 3 heterocycles. The largest absolute Gasteiger partial charge is 0.444 e. The molecule has 0 spiro atoms. The predicted octanol–water partition coefficient (Wildman–Crippen LogP) is 8.64. The van der Waals surface area contributed by atoms with Crippen LogP contribution in [-0.2, 0) is 48.1 Å². The quantitative estimate of drug-likeness (QED) is 0.0747. The average molecular weight is 1070 g/mol. The summed E-state index contributed by atoms with van der Waals surface area (Å²) in [6.07, 6.45) is 2.41. The monoisotopic (exact) mass is 1070 g/mol. The van der Waals surface area contributed by atoms with Crippen LogP contribution in [0.15, 0.2) is 75.3 Å². The summed E-state index contributed by atoms with van der Waals surface area (Å²) in [4.78, 5) is 89.9. The summed E-state index contributed by atoms with van der Waals surface area (Å²) in [6.45, 7) is 16.3. The van der Waals surface area contributed by atoms with Gasteiger partial charge in [0.15, 0.2) is 0 Å². The van der Waals surface area contributed by atoms with Crippen molar-refractivity contribution < 1.29 is 43.0 Å². The second-order valence-electron chi connectivity index (χ2n) is 20.0. The lowest BCUT2D eigenvalue weighted by Crippen LogP contribution is -2.57. The number of benzene rings is 2. The zero-order valence-corrected chi connectivity index (χ0v) is 44.7. The Morgan fingerprint density at radius 3 is 2.14 bits per heavy atom. The molecule has 17 nitrogen and oxygen atoms in total. The number of aromatic nitrogens is 2. The van der Waals surface area contributed by atoms with E-state index in [0.29, 0.717) is 54.3 Å². The number of pyridine rings is 1. The Morgan fingerprint density at radius 1 is 0.814 bits per heavy atom. The van der Waals surface area contributed by atoms with Crippen molar-refractivity contribution in [2.45, 2.75) is 152 Å². The number of likely N-dealkylation sites (N-methyl/N-ethyl adjacent to an activating group) is 1. The lowest BCUT2D eigenvalue weighted by molar-refractivity contribution is -0.142. The Morgan fingerprint density at radius 2 is 1.47 bits per heavy atom. The van der Waals surface area contributed by atoms with Gasteiger partial charge in [0.1, 0.15) is 33.9 Å². The predicted molar refractivity (Wildman–Crippen MR) is 273 cm³/mol. The third-order valence-electron chi connectivity index (χ3n) is 10.7. The van der Waals surface area contributed by atoms with Gasteiger partial charge in [-0.3, -0.25) is 19.0 Å². The number of hydrogen-bond acceptors (Lipinski definition) is 12. The zero-order chi connectivity index (χ0) is 51.6. The first-order valence-electron chi connectivity index (χ1n) is 23.2. The van der Waals surface area contributed by atoms with E-state index < -0.39 is 70.9 Å². The number of ether oxygens (including phenoxy) is 3. The summed E-state index contributed by atoms with van der Waals surface area (Å²) in [6, 6.07) is 11.1. The van der Waals surface area contributed by atoms with E-state index in [-0.39, 0.29) is 45.4 Å². The van der Waals surface area contributed by atoms with Gasteiger partial charge in [0.05, 0.1) is 16.6 Å². The SMILES string of the molecule is CN1C(=O)[C@H](CCCCNC(=O)OC(C)(C)C)NC(=O)[C@H](CCNC(=O)OC(C)(C)C)NCc2cccnc2Sc2c(Cl)ccc(Br)c2CNC(=O)[C@@H]1Cc1cn(C(=O)OC(C)(C)C)c2ccccc12. The second kappa shape index (κ2) is 24.2. The standard InChI is InChI=1S/C50H66BrClN8O9S/c1-48(2,3)67-45(64)54-23-14-13-18-37-44(63)59(10)39(26-31-29-60(47(66)69-50(7,8)9)38-19-12-11-17-32(31)38)42(62)57-28-33-34(51)20-21-35(52)40(33)70-43-30(16-15-24-53-43)27-56-36(41(61)58-37)22-25-55-46(65)68-49(4,5)6/h11-12,15-17,19-21,24,29,36-37,39,56H,13-14,18,22-23,25-28H2,1-10H3,(H,54,64)(H,55,65)(H,57,62)(H,58,61)/t36-,37-,39-/m0/s1. The van der Waals surface area contributed by atoms with E-state index in [1.54, 1.807) is 105 Å². The number of alkyl carbamates (subject to hydrolysis) is 2. The van der Waals surface area contributed by atoms with Gasteiger partial charge in [0, 0.05) is 72.4 Å². The van der Waals surface area contributed by atoms with Crippen LogP contribution in [0.4, 0.5) is 14.4 Å². The highest BCUT2D eigenvalue weighted by Crippen LogP contribution is 2.40. The molecule has 0 radical (unpaired) electrons. The van der Waals surface area contributed by atoms with Gasteiger partial charge in [0.25, 0.3) is 0 Å². The molecule has 5 rings (SSSR count). The molecule has 20 heteroatoms. The molecule has 1 aliphatic rings. The minimum absolute atomic E-state index is 0.00153. The molecule has 0 bridgehead atoms. The number of hydrogen-bond donors (Lipinski definition) is 5. The van der Waals surface area contributed by atoms with E-state index in [0.717, 1.165) is 5.56 Å². The molecule has 5 N–H and O–H groups in total. The van der Waals surface area contributed by atoms with Crippen molar-refractivity contribution in [2.24, 2.45) is 0 Å². The van der Waals surface area contributed by atoms with E-state index in [1.807, 2.05) is 18.2 Å². The fourth-order valence-electron chi connectivity index (χ4n) is 7.48. The lowest BCUT2D eigenvalue weighted by Gasteiger charge is -2.32. The van der Waals surface area contributed by atoms with Gasteiger partial charge in [-0.2, -0.15) is 0 Å². The van der Waals surface area contributed by atoms with E-state index in [1.165, 1.54) is 28.3 Å². The fourth-order valence-corrected chi connectivity index (χ4v) is 9.42. The summed E-state index contributed by atoms with van der Waals surface area (Å²) >= 11 is 11.9. The molecule has 1 aliphatic heterocycles. The van der Waals surface area contributed by atoms with Crippen LogP contribution in [0.1, 0.15) is 105 Å². The molecule has 4 aromatic rings. The van der Waals surface area contributed by atoms with Crippen molar-refractivity contribution in [1.29, 1.82) is 0 Å². The van der Waals surface area contributed by atoms with Crippen molar-refractivity contribution >= 4 is 86.2 Å². The summed E-state index contributed by atoms with van der Waals surface area (Å²) in [5, 5.41) is 16.5. The lowest BCUT2D eigenvalue weighted by atomic mass is 10.0. The third-order valence-corrected chi connectivity index (χ3v) is 13.1. The van der Waals surface area contributed by atoms with Gasteiger partial charge in [-0.25, -0.2) is 19.4 Å². The number of para-hydroxylation sites is 1. The number of unbranched alkanes of at least 4 members (excludes halogenated alkanes) is 1. The Bertz CT molecular complexity index is 2540. The molecule has 0 saturated heterocycles. The molecular formula is C50H66BrClN8O9S. The van der Waals surface area contributed by atoms with Gasteiger partial charge >= 0.3 is 18.3 Å². The van der Waals surface area contributed by atoms with Crippen LogP contribution in [-0.4, -0.2) is 106 Å². The summed E-state index contributed by atoms with van der Waals surface area (Å²) in [5.41, 5.74) is 0.289. The van der Waals surface area contributed by atoms with Crippen LogP contribution in [0.25, 0.3) is 10.9 Å². The Balaban J connectivity index is 1.58. The molecule has 2 aromatic heterocycles. The first-order chi connectivity index (χ1) is 32.8. The van der Waals surface area contributed by atoms with Crippen LogP contribution in [0.2, 0.25) is 5.02 Å². The summed E-state index contributed by atoms with van der Waals surface area (Å²) in [7, 11) is 1.51. The number of carbonyl (C=O) groups excluding carboxylic acids is 6. The maximum absolute atomic E-state index is 15.1. The van der Waals surface area contributed by atoms with Crippen LogP contribution in [0, 0.1) is 0 Å². The first-order valence-corrected chi connectivity index (χ1v) is 25.2. The summed E-state index contributed by atoms with van der Waals surface area (Å²) in [5.74, 6) is -1.62. The average Bonchev–Trinajstić information content (AvgIpc) is 3.63. The van der Waals surface area contributed by atoms with Crippen molar-refractivity contribution in [2.75, 3.05) is 20.1 Å². The van der Waals surface area contributed by atoms with Crippen molar-refractivity contribution in [3.8, 4) is 0 Å². The second-order valence-corrected chi connectivity index (χ2v) is 22.2. The summed E-state index contributed by atoms with van der Waals surface area (Å²) < 4.78 is 18.6. The number of halogens is 2. The molecule has 0 unspecified atom stereocenters. The van der Waals surface area contributed by atoms with Crippen LogP contribution >= 0.6 is 39.3 Å².